The first-order valence-corrected chi connectivity index (χ1v) is 7.88. The lowest BCUT2D eigenvalue weighted by atomic mass is 10.2. The van der Waals surface area contributed by atoms with Gasteiger partial charge in [0, 0.05) is 10.0 Å². The summed E-state index contributed by atoms with van der Waals surface area (Å²) in [6, 6.07) is 5.03. The lowest BCUT2D eigenvalue weighted by Gasteiger charge is -2.06. The van der Waals surface area contributed by atoms with Crippen LogP contribution in [0.15, 0.2) is 27.8 Å². The highest BCUT2D eigenvalue weighted by molar-refractivity contribution is 9.10. The first-order chi connectivity index (χ1) is 8.25. The zero-order valence-corrected chi connectivity index (χ0v) is 13.4. The number of hydrogen-bond donors (Lipinski definition) is 0. The monoisotopic (exact) mass is 373 g/mol. The summed E-state index contributed by atoms with van der Waals surface area (Å²) in [5.41, 5.74) is 0.375. The molecule has 100 valence electrons. The molecule has 0 aliphatic carbocycles. The fourth-order valence-corrected chi connectivity index (χ4v) is 2.64. The van der Waals surface area contributed by atoms with Crippen LogP contribution < -0.4 is 0 Å². The van der Waals surface area contributed by atoms with Crippen LogP contribution in [0.25, 0.3) is 0 Å². The number of hydrogen-bond acceptors (Lipinski definition) is 4. The normalized spacial score (nSPS) is 12.9. The fourth-order valence-electron chi connectivity index (χ4n) is 0.911. The van der Waals surface area contributed by atoms with Crippen molar-refractivity contribution in [3.63, 3.8) is 0 Å². The molecular formula is C10H10BrCl2NO3S. The van der Waals surface area contributed by atoms with Crippen LogP contribution >= 0.6 is 39.1 Å². The zero-order valence-electron chi connectivity index (χ0n) is 9.52. The molecule has 0 heterocycles. The van der Waals surface area contributed by atoms with Crippen molar-refractivity contribution < 1.29 is 12.7 Å². The molecule has 0 bridgehead atoms. The smallest absolute Gasteiger partial charge is 0.267 e. The number of oxime groups is 1. The Morgan fingerprint density at radius 1 is 1.44 bits per heavy atom. The highest BCUT2D eigenvalue weighted by Crippen LogP contribution is 2.27. The van der Waals surface area contributed by atoms with Crippen LogP contribution in [0.4, 0.5) is 0 Å². The van der Waals surface area contributed by atoms with Gasteiger partial charge in [-0.1, -0.05) is 50.4 Å². The second kappa shape index (κ2) is 6.23. The van der Waals surface area contributed by atoms with Crippen LogP contribution in [-0.4, -0.2) is 18.8 Å². The maximum absolute atomic E-state index is 11.4. The van der Waals surface area contributed by atoms with Gasteiger partial charge >= 0.3 is 10.1 Å². The van der Waals surface area contributed by atoms with Gasteiger partial charge in [0.05, 0.1) is 10.3 Å². The number of benzene rings is 1. The van der Waals surface area contributed by atoms with Gasteiger partial charge in [0.2, 0.25) is 0 Å². The molecule has 1 aromatic rings. The average molecular weight is 375 g/mol. The summed E-state index contributed by atoms with van der Waals surface area (Å²) in [4.78, 5) is 0. The van der Waals surface area contributed by atoms with Crippen molar-refractivity contribution in [2.45, 2.75) is 19.1 Å². The molecule has 0 aliphatic heterocycles. The second-order valence-electron chi connectivity index (χ2n) is 3.59. The Balaban J connectivity index is 3.05. The Kier molecular flexibility index (Phi) is 5.46. The molecule has 0 atom stereocenters. The molecule has 0 saturated carbocycles. The van der Waals surface area contributed by atoms with Gasteiger partial charge in [0.15, 0.2) is 5.17 Å². The molecule has 0 amide bonds. The van der Waals surface area contributed by atoms with Crippen LogP contribution in [0.3, 0.4) is 0 Å². The largest absolute Gasteiger partial charge is 0.330 e. The Morgan fingerprint density at radius 3 is 2.56 bits per heavy atom. The first-order valence-electron chi connectivity index (χ1n) is 4.86. The lowest BCUT2D eigenvalue weighted by molar-refractivity contribution is 0.335. The van der Waals surface area contributed by atoms with Crippen molar-refractivity contribution in [2.75, 3.05) is 0 Å². The molecule has 18 heavy (non-hydrogen) atoms. The van der Waals surface area contributed by atoms with Gasteiger partial charge < -0.3 is 0 Å². The Hall–Kier alpha value is -0.300. The molecule has 0 aliphatic rings. The van der Waals surface area contributed by atoms with E-state index in [0.29, 0.717) is 15.1 Å². The summed E-state index contributed by atoms with van der Waals surface area (Å²) >= 11 is 15.1. The molecule has 8 heteroatoms. The fraction of sp³-hybridized carbons (Fsp3) is 0.300. The van der Waals surface area contributed by atoms with E-state index in [1.165, 1.54) is 13.8 Å². The van der Waals surface area contributed by atoms with E-state index in [-0.39, 0.29) is 5.17 Å². The van der Waals surface area contributed by atoms with E-state index < -0.39 is 15.4 Å². The van der Waals surface area contributed by atoms with Crippen LogP contribution in [0, 0.1) is 0 Å². The minimum absolute atomic E-state index is 0.142. The molecule has 0 fully saturated rings. The topological polar surface area (TPSA) is 55.7 Å². The van der Waals surface area contributed by atoms with Crippen LogP contribution in [0.1, 0.15) is 19.4 Å². The molecular weight excluding hydrogens is 365 g/mol. The maximum atomic E-state index is 11.4. The van der Waals surface area contributed by atoms with Crippen LogP contribution in [0.5, 0.6) is 0 Å². The van der Waals surface area contributed by atoms with E-state index in [4.69, 9.17) is 23.2 Å². The number of nitrogens with zero attached hydrogens (tertiary/aromatic N) is 1. The van der Waals surface area contributed by atoms with E-state index in [1.807, 2.05) is 0 Å². The molecule has 0 spiro atoms. The lowest BCUT2D eigenvalue weighted by Crippen LogP contribution is -2.15. The maximum Gasteiger partial charge on any atom is 0.330 e. The van der Waals surface area contributed by atoms with Gasteiger partial charge in [-0.2, -0.15) is 8.42 Å². The van der Waals surface area contributed by atoms with E-state index in [9.17, 15) is 8.42 Å². The molecule has 0 N–H and O–H groups in total. The molecule has 1 aromatic carbocycles. The summed E-state index contributed by atoms with van der Waals surface area (Å²) in [5, 5.41) is 2.88. The minimum Gasteiger partial charge on any atom is -0.267 e. The van der Waals surface area contributed by atoms with E-state index in [2.05, 4.69) is 25.4 Å². The summed E-state index contributed by atoms with van der Waals surface area (Å²) < 4.78 is 27.9. The van der Waals surface area contributed by atoms with Gasteiger partial charge in [-0.05, 0) is 26.0 Å². The predicted octanol–water partition coefficient (Wildman–Crippen LogP) is 3.76. The van der Waals surface area contributed by atoms with Crippen molar-refractivity contribution in [2.24, 2.45) is 5.16 Å². The standard InChI is InChI=1S/C10H10BrCl2NO3S/c1-6(2)18(15,16)17-14-10(13)9-7(11)4-3-5-8(9)12/h3-6H,1-2H3/b14-10+. The Morgan fingerprint density at radius 2 is 2.06 bits per heavy atom. The van der Waals surface area contributed by atoms with Gasteiger partial charge in [-0.25, -0.2) is 0 Å². The van der Waals surface area contributed by atoms with Gasteiger partial charge in [0.1, 0.15) is 0 Å². The summed E-state index contributed by atoms with van der Waals surface area (Å²) in [7, 11) is -3.76. The molecule has 0 unspecified atom stereocenters. The quantitative estimate of drug-likeness (QED) is 0.595. The molecule has 4 nitrogen and oxygen atoms in total. The van der Waals surface area contributed by atoms with E-state index in [1.54, 1.807) is 18.2 Å². The summed E-state index contributed by atoms with van der Waals surface area (Å²) in [6.45, 7) is 2.95. The zero-order chi connectivity index (χ0) is 13.9. The first kappa shape index (κ1) is 15.8. The molecule has 1 rings (SSSR count). The third kappa shape index (κ3) is 3.85. The van der Waals surface area contributed by atoms with Gasteiger partial charge in [0.25, 0.3) is 0 Å². The van der Waals surface area contributed by atoms with Crippen molar-refractivity contribution >= 4 is 54.4 Å². The third-order valence-corrected chi connectivity index (χ3v) is 4.64. The van der Waals surface area contributed by atoms with E-state index >= 15 is 0 Å². The second-order valence-corrected chi connectivity index (χ2v) is 7.29. The molecule has 0 saturated heterocycles. The molecule has 0 aromatic heterocycles. The van der Waals surface area contributed by atoms with Crippen LogP contribution in [-0.2, 0) is 14.4 Å². The Labute approximate surface area is 124 Å². The van der Waals surface area contributed by atoms with Gasteiger partial charge in [-0.15, -0.1) is 0 Å². The highest BCUT2D eigenvalue weighted by atomic mass is 79.9. The average Bonchev–Trinajstić information content (AvgIpc) is 2.26. The Bertz CT molecular complexity index is 552. The van der Waals surface area contributed by atoms with Crippen LogP contribution in [0.2, 0.25) is 5.02 Å². The predicted molar refractivity (Wildman–Crippen MR) is 76.7 cm³/mol. The minimum atomic E-state index is -3.76. The summed E-state index contributed by atoms with van der Waals surface area (Å²) in [6.07, 6.45) is 0. The van der Waals surface area contributed by atoms with Gasteiger partial charge in [-0.3, -0.25) is 4.28 Å². The van der Waals surface area contributed by atoms with E-state index in [0.717, 1.165) is 0 Å². The number of halogens is 3. The number of rotatable bonds is 4. The van der Waals surface area contributed by atoms with Crippen molar-refractivity contribution in [3.8, 4) is 0 Å². The summed E-state index contributed by atoms with van der Waals surface area (Å²) in [5.74, 6) is 0. The third-order valence-electron chi connectivity index (χ3n) is 1.97. The van der Waals surface area contributed by atoms with Crippen molar-refractivity contribution in [1.82, 2.24) is 0 Å². The van der Waals surface area contributed by atoms with Crippen molar-refractivity contribution in [1.29, 1.82) is 0 Å². The SMILES string of the molecule is CC(C)S(=O)(=O)O/N=C(/Cl)c1c(Cl)cccc1Br. The molecule has 0 radical (unpaired) electrons. The highest BCUT2D eigenvalue weighted by Gasteiger charge is 2.18. The van der Waals surface area contributed by atoms with Crippen molar-refractivity contribution in [3.05, 3.63) is 33.3 Å².